The van der Waals surface area contributed by atoms with Crippen LogP contribution in [0.2, 0.25) is 19.6 Å². The molecule has 0 atom stereocenters. The molecule has 0 aromatic heterocycles. The number of hydrogen-bond donors (Lipinski definition) is 1. The van der Waals surface area contributed by atoms with Gasteiger partial charge >= 0.3 is 0 Å². The molecule has 96 valence electrons. The third kappa shape index (κ3) is 3.46. The smallest absolute Gasteiger partial charge is 0.0991 e. The zero-order chi connectivity index (χ0) is 13.9. The first kappa shape index (κ1) is 13.4. The van der Waals surface area contributed by atoms with Crippen molar-refractivity contribution >= 4 is 24.6 Å². The van der Waals surface area contributed by atoms with Crippen LogP contribution in [-0.4, -0.2) is 8.07 Å². The average Bonchev–Trinajstić information content (AvgIpc) is 2.39. The first-order valence-corrected chi connectivity index (χ1v) is 9.87. The normalized spacial score (nSPS) is 10.8. The van der Waals surface area contributed by atoms with Crippen molar-refractivity contribution in [2.75, 3.05) is 5.32 Å². The number of nitrogens with zero attached hydrogens (tertiary/aromatic N) is 1. The van der Waals surface area contributed by atoms with E-state index in [1.807, 2.05) is 24.3 Å². The van der Waals surface area contributed by atoms with Gasteiger partial charge in [-0.15, -0.1) is 0 Å². The zero-order valence-electron chi connectivity index (χ0n) is 11.6. The lowest BCUT2D eigenvalue weighted by molar-refractivity contribution is 1.47. The highest BCUT2D eigenvalue weighted by molar-refractivity contribution is 6.88. The first-order chi connectivity index (χ1) is 8.99. The average molecular weight is 266 g/mol. The minimum absolute atomic E-state index is 0.680. The molecule has 0 aliphatic carbocycles. The summed E-state index contributed by atoms with van der Waals surface area (Å²) in [5.41, 5.74) is 2.76. The molecule has 2 aromatic rings. The molecule has 0 saturated carbocycles. The van der Waals surface area contributed by atoms with E-state index in [1.165, 1.54) is 5.19 Å². The van der Waals surface area contributed by atoms with E-state index in [2.05, 4.69) is 55.3 Å². The molecule has 0 spiro atoms. The van der Waals surface area contributed by atoms with Gasteiger partial charge in [0.25, 0.3) is 0 Å². The molecule has 2 nitrogen and oxygen atoms in total. The summed E-state index contributed by atoms with van der Waals surface area (Å²) in [5, 5.41) is 13.6. The van der Waals surface area contributed by atoms with Gasteiger partial charge in [-0.05, 0) is 36.4 Å². The molecule has 0 unspecified atom stereocenters. The fraction of sp³-hybridized carbons (Fsp3) is 0.188. The summed E-state index contributed by atoms with van der Waals surface area (Å²) in [6, 6.07) is 18.2. The maximum Gasteiger partial charge on any atom is 0.0991 e. The van der Waals surface area contributed by atoms with Gasteiger partial charge in [0.15, 0.2) is 0 Å². The van der Waals surface area contributed by atoms with Crippen LogP contribution in [0.5, 0.6) is 0 Å². The van der Waals surface area contributed by atoms with Crippen LogP contribution in [0.25, 0.3) is 0 Å². The van der Waals surface area contributed by atoms with Gasteiger partial charge in [-0.25, -0.2) is 0 Å². The molecule has 0 aliphatic rings. The molecule has 0 bridgehead atoms. The predicted octanol–water partition coefficient (Wildman–Crippen LogP) is 3.85. The van der Waals surface area contributed by atoms with Crippen LogP contribution in [0.4, 0.5) is 11.4 Å². The molecule has 0 heterocycles. The van der Waals surface area contributed by atoms with Crippen molar-refractivity contribution in [1.29, 1.82) is 5.26 Å². The SMILES string of the molecule is C[Si](C)(C)c1ccc(Nc2ccc(C#N)cc2)cc1. The second kappa shape index (κ2) is 5.29. The van der Waals surface area contributed by atoms with Gasteiger partial charge in [-0.1, -0.05) is 37.0 Å². The summed E-state index contributed by atoms with van der Waals surface area (Å²) in [7, 11) is -1.22. The van der Waals surface area contributed by atoms with Crippen LogP contribution in [0.3, 0.4) is 0 Å². The van der Waals surface area contributed by atoms with E-state index in [4.69, 9.17) is 5.26 Å². The fourth-order valence-corrected chi connectivity index (χ4v) is 3.01. The molecule has 2 aromatic carbocycles. The highest BCUT2D eigenvalue weighted by Gasteiger charge is 2.15. The van der Waals surface area contributed by atoms with E-state index in [-0.39, 0.29) is 0 Å². The van der Waals surface area contributed by atoms with Gasteiger partial charge in [0.05, 0.1) is 19.7 Å². The Hall–Kier alpha value is -2.05. The molecule has 0 radical (unpaired) electrons. The van der Waals surface area contributed by atoms with Gasteiger partial charge in [-0.3, -0.25) is 0 Å². The topological polar surface area (TPSA) is 35.8 Å². The predicted molar refractivity (Wildman–Crippen MR) is 83.9 cm³/mol. The second-order valence-corrected chi connectivity index (χ2v) is 10.7. The zero-order valence-corrected chi connectivity index (χ0v) is 12.6. The highest BCUT2D eigenvalue weighted by atomic mass is 28.3. The molecule has 1 N–H and O–H groups in total. The van der Waals surface area contributed by atoms with Gasteiger partial charge in [0.2, 0.25) is 0 Å². The molecule has 0 fully saturated rings. The summed E-state index contributed by atoms with van der Waals surface area (Å²) >= 11 is 0. The molecular formula is C16H18N2Si. The number of nitrogens with one attached hydrogen (secondary N) is 1. The number of anilines is 2. The summed E-state index contributed by atoms with van der Waals surface area (Å²) < 4.78 is 0. The van der Waals surface area contributed by atoms with Crippen LogP contribution in [0.15, 0.2) is 48.5 Å². The monoisotopic (exact) mass is 266 g/mol. The Balaban J connectivity index is 2.13. The maximum atomic E-state index is 8.76. The minimum Gasteiger partial charge on any atom is -0.356 e. The quantitative estimate of drug-likeness (QED) is 0.857. The first-order valence-electron chi connectivity index (χ1n) is 6.37. The van der Waals surface area contributed by atoms with Crippen LogP contribution in [-0.2, 0) is 0 Å². The number of hydrogen-bond acceptors (Lipinski definition) is 2. The van der Waals surface area contributed by atoms with Crippen LogP contribution < -0.4 is 10.5 Å². The minimum atomic E-state index is -1.22. The Morgan fingerprint density at radius 2 is 1.32 bits per heavy atom. The van der Waals surface area contributed by atoms with Crippen molar-refractivity contribution in [2.24, 2.45) is 0 Å². The van der Waals surface area contributed by atoms with E-state index in [0.717, 1.165) is 11.4 Å². The molecule has 3 heteroatoms. The molecule has 19 heavy (non-hydrogen) atoms. The molecule has 0 aliphatic heterocycles. The standard InChI is InChI=1S/C16H18N2Si/c1-19(2,3)16-10-8-15(9-11-16)18-14-6-4-13(12-17)5-7-14/h4-11,18H,1-3H3. The van der Waals surface area contributed by atoms with Crippen molar-refractivity contribution < 1.29 is 0 Å². The molecule has 0 amide bonds. The maximum absolute atomic E-state index is 8.76. The number of benzene rings is 2. The second-order valence-electron chi connectivity index (χ2n) is 5.64. The van der Waals surface area contributed by atoms with Crippen molar-refractivity contribution in [3.8, 4) is 6.07 Å². The molecule has 0 saturated heterocycles. The van der Waals surface area contributed by atoms with E-state index in [9.17, 15) is 0 Å². The Morgan fingerprint density at radius 3 is 1.74 bits per heavy atom. The number of rotatable bonds is 3. The van der Waals surface area contributed by atoms with E-state index in [0.29, 0.717) is 5.56 Å². The Morgan fingerprint density at radius 1 is 0.842 bits per heavy atom. The third-order valence-electron chi connectivity index (χ3n) is 3.05. The van der Waals surface area contributed by atoms with Crippen LogP contribution in [0, 0.1) is 11.3 Å². The third-order valence-corrected chi connectivity index (χ3v) is 5.12. The lowest BCUT2D eigenvalue weighted by Gasteiger charge is -2.17. The Kier molecular flexibility index (Phi) is 3.73. The lowest BCUT2D eigenvalue weighted by atomic mass is 10.2. The Labute approximate surface area is 115 Å². The highest BCUT2D eigenvalue weighted by Crippen LogP contribution is 2.16. The summed E-state index contributed by atoms with van der Waals surface area (Å²) in [5.74, 6) is 0. The fourth-order valence-electron chi connectivity index (χ4n) is 1.85. The Bertz CT molecular complexity index is 587. The van der Waals surface area contributed by atoms with Crippen LogP contribution in [0.1, 0.15) is 5.56 Å². The van der Waals surface area contributed by atoms with E-state index < -0.39 is 8.07 Å². The van der Waals surface area contributed by atoms with Crippen molar-refractivity contribution in [3.05, 3.63) is 54.1 Å². The largest absolute Gasteiger partial charge is 0.356 e. The number of nitriles is 1. The summed E-state index contributed by atoms with van der Waals surface area (Å²) in [6.45, 7) is 7.03. The van der Waals surface area contributed by atoms with Gasteiger partial charge in [0.1, 0.15) is 0 Å². The van der Waals surface area contributed by atoms with Crippen molar-refractivity contribution in [1.82, 2.24) is 0 Å². The van der Waals surface area contributed by atoms with Crippen molar-refractivity contribution in [2.45, 2.75) is 19.6 Å². The van der Waals surface area contributed by atoms with Crippen LogP contribution >= 0.6 is 0 Å². The van der Waals surface area contributed by atoms with Gasteiger partial charge in [-0.2, -0.15) is 5.26 Å². The molecule has 2 rings (SSSR count). The van der Waals surface area contributed by atoms with E-state index in [1.54, 1.807) is 0 Å². The van der Waals surface area contributed by atoms with Gasteiger partial charge in [0, 0.05) is 11.4 Å². The van der Waals surface area contributed by atoms with Gasteiger partial charge < -0.3 is 5.32 Å². The van der Waals surface area contributed by atoms with E-state index >= 15 is 0 Å². The summed E-state index contributed by atoms with van der Waals surface area (Å²) in [6.07, 6.45) is 0. The lowest BCUT2D eigenvalue weighted by Crippen LogP contribution is -2.37. The molecular weight excluding hydrogens is 248 g/mol. The van der Waals surface area contributed by atoms with Crippen molar-refractivity contribution in [3.63, 3.8) is 0 Å². The summed E-state index contributed by atoms with van der Waals surface area (Å²) in [4.78, 5) is 0.